The van der Waals surface area contributed by atoms with Crippen molar-refractivity contribution in [2.45, 2.75) is 18.9 Å². The zero-order valence-electron chi connectivity index (χ0n) is 7.38. The van der Waals surface area contributed by atoms with Crippen molar-refractivity contribution in [1.82, 2.24) is 10.6 Å². The molecule has 5 heteroatoms. The van der Waals surface area contributed by atoms with Crippen LogP contribution in [0, 0.1) is 0 Å². The van der Waals surface area contributed by atoms with Gasteiger partial charge in [0.05, 0.1) is 12.5 Å². The van der Waals surface area contributed by atoms with Crippen molar-refractivity contribution in [3.8, 4) is 0 Å². The number of carbonyl (C=O) groups excluding carboxylic acids is 1. The molecule has 0 aromatic carbocycles. The molecule has 3 N–H and O–H groups in total. The Labute approximate surface area is 76.5 Å². The molecule has 0 saturated carbocycles. The molecule has 1 heterocycles. The molecular formula is C8H14N2O3. The number of nitrogens with one attached hydrogen (secondary N) is 2. The molecule has 74 valence electrons. The van der Waals surface area contributed by atoms with Crippen LogP contribution in [0.15, 0.2) is 0 Å². The summed E-state index contributed by atoms with van der Waals surface area (Å²) in [6, 6.07) is -0.201. The van der Waals surface area contributed by atoms with Gasteiger partial charge in [0.25, 0.3) is 0 Å². The van der Waals surface area contributed by atoms with Crippen molar-refractivity contribution >= 4 is 11.8 Å². The van der Waals surface area contributed by atoms with E-state index in [1.165, 1.54) is 0 Å². The zero-order valence-corrected chi connectivity index (χ0v) is 7.38. The van der Waals surface area contributed by atoms with Crippen LogP contribution in [-0.2, 0) is 9.59 Å². The molecule has 1 aliphatic rings. The maximum absolute atomic E-state index is 11.3. The van der Waals surface area contributed by atoms with Gasteiger partial charge in [0.15, 0.2) is 5.78 Å². The highest BCUT2D eigenvalue weighted by molar-refractivity contribution is 5.87. The number of aliphatic carboxylic acids is 1. The lowest BCUT2D eigenvalue weighted by Crippen LogP contribution is -2.52. The highest BCUT2D eigenvalue weighted by Crippen LogP contribution is 1.97. The van der Waals surface area contributed by atoms with E-state index in [4.69, 9.17) is 5.11 Å². The molecule has 5 nitrogen and oxygen atoms in total. The quantitative estimate of drug-likeness (QED) is 0.524. The fraction of sp³-hybridized carbons (Fsp3) is 0.750. The maximum atomic E-state index is 11.3. The molecule has 0 aromatic heterocycles. The molecule has 0 aliphatic carbocycles. The highest BCUT2D eigenvalue weighted by Gasteiger charge is 2.20. The fourth-order valence-corrected chi connectivity index (χ4v) is 1.29. The third-order valence-electron chi connectivity index (χ3n) is 2.01. The number of hydrogen-bond donors (Lipinski definition) is 3. The number of carboxylic acids is 1. The minimum absolute atomic E-state index is 0.0189. The fourth-order valence-electron chi connectivity index (χ4n) is 1.29. The van der Waals surface area contributed by atoms with E-state index >= 15 is 0 Å². The first-order valence-corrected chi connectivity index (χ1v) is 4.39. The molecule has 1 fully saturated rings. The molecule has 0 amide bonds. The van der Waals surface area contributed by atoms with E-state index in [9.17, 15) is 9.59 Å². The second-order valence-corrected chi connectivity index (χ2v) is 3.07. The number of carbonyl (C=O) groups is 2. The van der Waals surface area contributed by atoms with Gasteiger partial charge in [-0.15, -0.1) is 0 Å². The largest absolute Gasteiger partial charge is 0.481 e. The predicted octanol–water partition coefficient (Wildman–Crippen LogP) is -1.02. The van der Waals surface area contributed by atoms with Crippen LogP contribution in [0.5, 0.6) is 0 Å². The van der Waals surface area contributed by atoms with Gasteiger partial charge in [-0.3, -0.25) is 9.59 Å². The molecule has 0 aromatic rings. The molecular weight excluding hydrogens is 172 g/mol. The van der Waals surface area contributed by atoms with Gasteiger partial charge in [-0.25, -0.2) is 0 Å². The van der Waals surface area contributed by atoms with Crippen molar-refractivity contribution < 1.29 is 14.7 Å². The summed E-state index contributed by atoms with van der Waals surface area (Å²) in [4.78, 5) is 21.5. The molecule has 0 spiro atoms. The number of hydrogen-bond acceptors (Lipinski definition) is 4. The summed E-state index contributed by atoms with van der Waals surface area (Å²) in [7, 11) is 0. The second-order valence-electron chi connectivity index (χ2n) is 3.07. The molecule has 1 rings (SSSR count). The van der Waals surface area contributed by atoms with Crippen molar-refractivity contribution in [2.75, 3.05) is 19.6 Å². The van der Waals surface area contributed by atoms with Gasteiger partial charge < -0.3 is 15.7 Å². The van der Waals surface area contributed by atoms with Crippen LogP contribution in [0.4, 0.5) is 0 Å². The Kier molecular flexibility index (Phi) is 3.85. The molecule has 1 aliphatic heterocycles. The second kappa shape index (κ2) is 4.94. The monoisotopic (exact) mass is 186 g/mol. The SMILES string of the molecule is O=C(O)CCC(=O)[C@@H]1CNCCN1. The predicted molar refractivity (Wildman–Crippen MR) is 46.5 cm³/mol. The van der Waals surface area contributed by atoms with E-state index in [1.807, 2.05) is 0 Å². The van der Waals surface area contributed by atoms with Crippen molar-refractivity contribution in [3.05, 3.63) is 0 Å². The van der Waals surface area contributed by atoms with E-state index in [0.29, 0.717) is 6.54 Å². The van der Waals surface area contributed by atoms with E-state index in [-0.39, 0.29) is 24.7 Å². The standard InChI is InChI=1S/C8H14N2O3/c11-7(1-2-8(12)13)6-5-9-3-4-10-6/h6,9-10H,1-5H2,(H,12,13)/t6-/m0/s1. The average molecular weight is 186 g/mol. The first kappa shape index (κ1) is 10.1. The summed E-state index contributed by atoms with van der Waals surface area (Å²) in [5.74, 6) is -0.938. The zero-order chi connectivity index (χ0) is 9.68. The maximum Gasteiger partial charge on any atom is 0.303 e. The molecule has 1 saturated heterocycles. The summed E-state index contributed by atoms with van der Waals surface area (Å²) in [5.41, 5.74) is 0. The smallest absolute Gasteiger partial charge is 0.303 e. The molecule has 0 bridgehead atoms. The topological polar surface area (TPSA) is 78.4 Å². The summed E-state index contributed by atoms with van der Waals surface area (Å²) in [6.45, 7) is 2.24. The van der Waals surface area contributed by atoms with Crippen LogP contribution in [0.2, 0.25) is 0 Å². The van der Waals surface area contributed by atoms with Crippen LogP contribution in [-0.4, -0.2) is 42.5 Å². The number of piperazine rings is 1. The number of ketones is 1. The minimum atomic E-state index is -0.919. The average Bonchev–Trinajstić information content (AvgIpc) is 2.15. The molecule has 0 unspecified atom stereocenters. The molecule has 13 heavy (non-hydrogen) atoms. The third-order valence-corrected chi connectivity index (χ3v) is 2.01. The first-order valence-electron chi connectivity index (χ1n) is 4.39. The lowest BCUT2D eigenvalue weighted by Gasteiger charge is -2.22. The van der Waals surface area contributed by atoms with Gasteiger partial charge in [-0.2, -0.15) is 0 Å². The van der Waals surface area contributed by atoms with Gasteiger partial charge >= 0.3 is 5.97 Å². The number of rotatable bonds is 4. The van der Waals surface area contributed by atoms with Crippen LogP contribution < -0.4 is 10.6 Å². The number of carboxylic acid groups (broad SMARTS) is 1. The lowest BCUT2D eigenvalue weighted by molar-refractivity contribution is -0.138. The Bertz CT molecular complexity index is 200. The summed E-state index contributed by atoms with van der Waals surface area (Å²) >= 11 is 0. The van der Waals surface area contributed by atoms with E-state index < -0.39 is 5.97 Å². The minimum Gasteiger partial charge on any atom is -0.481 e. The summed E-state index contributed by atoms with van der Waals surface area (Å²) < 4.78 is 0. The van der Waals surface area contributed by atoms with E-state index in [0.717, 1.165) is 13.1 Å². The highest BCUT2D eigenvalue weighted by atomic mass is 16.4. The Hall–Kier alpha value is -0.940. The van der Waals surface area contributed by atoms with Crippen LogP contribution >= 0.6 is 0 Å². The Balaban J connectivity index is 2.25. The summed E-state index contributed by atoms with van der Waals surface area (Å²) in [6.07, 6.45) is 0.0473. The van der Waals surface area contributed by atoms with E-state index in [2.05, 4.69) is 10.6 Å². The van der Waals surface area contributed by atoms with Crippen LogP contribution in [0.25, 0.3) is 0 Å². The van der Waals surface area contributed by atoms with E-state index in [1.54, 1.807) is 0 Å². The normalized spacial score (nSPS) is 22.6. The van der Waals surface area contributed by atoms with Gasteiger partial charge in [-0.05, 0) is 0 Å². The molecule has 0 radical (unpaired) electrons. The Morgan fingerprint density at radius 1 is 1.31 bits per heavy atom. The lowest BCUT2D eigenvalue weighted by atomic mass is 10.1. The first-order chi connectivity index (χ1) is 6.20. The van der Waals surface area contributed by atoms with Gasteiger partial charge in [-0.1, -0.05) is 0 Å². The third kappa shape index (κ3) is 3.52. The number of Topliss-reactive ketones (excluding diaryl/α,β-unsaturated/α-hetero) is 1. The van der Waals surface area contributed by atoms with Gasteiger partial charge in [0, 0.05) is 26.1 Å². The van der Waals surface area contributed by atoms with Crippen LogP contribution in [0.3, 0.4) is 0 Å². The van der Waals surface area contributed by atoms with Crippen LogP contribution in [0.1, 0.15) is 12.8 Å². The Morgan fingerprint density at radius 2 is 2.08 bits per heavy atom. The molecule has 1 atom stereocenters. The Morgan fingerprint density at radius 3 is 2.62 bits per heavy atom. The van der Waals surface area contributed by atoms with Crippen molar-refractivity contribution in [1.29, 1.82) is 0 Å². The van der Waals surface area contributed by atoms with Crippen molar-refractivity contribution in [2.24, 2.45) is 0 Å². The van der Waals surface area contributed by atoms with Gasteiger partial charge in [0.1, 0.15) is 0 Å². The van der Waals surface area contributed by atoms with Gasteiger partial charge in [0.2, 0.25) is 0 Å². The summed E-state index contributed by atoms with van der Waals surface area (Å²) in [5, 5.41) is 14.5. The van der Waals surface area contributed by atoms with Crippen molar-refractivity contribution in [3.63, 3.8) is 0 Å².